The Kier molecular flexibility index (Phi) is 6.63. The maximum absolute atomic E-state index is 12.6. The molecule has 1 heterocycles. The van der Waals surface area contributed by atoms with Crippen LogP contribution in [0.25, 0.3) is 0 Å². The molecule has 126 valence electrons. The van der Waals surface area contributed by atoms with Crippen LogP contribution >= 0.6 is 0 Å². The molecule has 2 unspecified atom stereocenters. The summed E-state index contributed by atoms with van der Waals surface area (Å²) in [5.41, 5.74) is 1.19. The number of nitrogens with zero attached hydrogens (tertiary/aromatic N) is 1. The summed E-state index contributed by atoms with van der Waals surface area (Å²) in [6.07, 6.45) is 4.71. The molecule has 2 rings (SSSR count). The first-order valence-corrected chi connectivity index (χ1v) is 8.76. The van der Waals surface area contributed by atoms with Gasteiger partial charge >= 0.3 is 6.03 Å². The maximum Gasteiger partial charge on any atom is 0.324 e. The van der Waals surface area contributed by atoms with Crippen LogP contribution in [0, 0.1) is 11.8 Å². The molecule has 4 heteroatoms. The molecule has 23 heavy (non-hydrogen) atoms. The fraction of sp³-hybridized carbons (Fsp3) is 0.579. The van der Waals surface area contributed by atoms with Crippen LogP contribution in [0.3, 0.4) is 0 Å². The third kappa shape index (κ3) is 4.81. The van der Waals surface area contributed by atoms with Crippen LogP contribution in [-0.4, -0.2) is 29.9 Å². The van der Waals surface area contributed by atoms with Crippen molar-refractivity contribution in [1.29, 1.82) is 0 Å². The quantitative estimate of drug-likeness (QED) is 0.871. The number of imide groups is 1. The molecule has 1 aliphatic heterocycles. The van der Waals surface area contributed by atoms with Crippen molar-refractivity contribution in [2.24, 2.45) is 11.8 Å². The zero-order valence-electron chi connectivity index (χ0n) is 14.3. The fourth-order valence-electron chi connectivity index (χ4n) is 3.18. The van der Waals surface area contributed by atoms with Crippen LogP contribution in [0.5, 0.6) is 0 Å². The van der Waals surface area contributed by atoms with Gasteiger partial charge in [0.2, 0.25) is 5.91 Å². The molecule has 1 aromatic carbocycles. The predicted octanol–water partition coefficient (Wildman–Crippen LogP) is 3.61. The number of unbranched alkanes of at least 4 members (excludes halogenated alkanes) is 1. The molecule has 1 aliphatic rings. The van der Waals surface area contributed by atoms with E-state index in [1.165, 1.54) is 10.5 Å². The molecule has 1 aromatic rings. The molecule has 3 amide bonds. The largest absolute Gasteiger partial charge is 0.337 e. The van der Waals surface area contributed by atoms with E-state index in [1.807, 2.05) is 30.3 Å². The average Bonchev–Trinajstić information content (AvgIpc) is 2.55. The number of rotatable bonds is 6. The van der Waals surface area contributed by atoms with Gasteiger partial charge in [0, 0.05) is 19.0 Å². The Hall–Kier alpha value is -1.84. The number of carbonyl (C=O) groups excluding carboxylic acids is 2. The fourth-order valence-corrected chi connectivity index (χ4v) is 3.18. The second kappa shape index (κ2) is 8.70. The van der Waals surface area contributed by atoms with E-state index in [-0.39, 0.29) is 17.9 Å². The van der Waals surface area contributed by atoms with E-state index in [1.54, 1.807) is 0 Å². The summed E-state index contributed by atoms with van der Waals surface area (Å²) >= 11 is 0. The minimum absolute atomic E-state index is 0.00331. The van der Waals surface area contributed by atoms with Gasteiger partial charge in [-0.25, -0.2) is 4.79 Å². The van der Waals surface area contributed by atoms with Gasteiger partial charge in [0.25, 0.3) is 0 Å². The highest BCUT2D eigenvalue weighted by atomic mass is 16.2. The normalized spacial score (nSPS) is 21.3. The molecule has 1 saturated heterocycles. The Morgan fingerprint density at radius 3 is 2.74 bits per heavy atom. The molecule has 0 spiro atoms. The van der Waals surface area contributed by atoms with Crippen molar-refractivity contribution in [3.8, 4) is 0 Å². The van der Waals surface area contributed by atoms with Gasteiger partial charge in [-0.2, -0.15) is 0 Å². The number of nitrogens with one attached hydrogen (secondary N) is 1. The van der Waals surface area contributed by atoms with Crippen molar-refractivity contribution in [1.82, 2.24) is 10.2 Å². The van der Waals surface area contributed by atoms with E-state index in [2.05, 4.69) is 19.2 Å². The Morgan fingerprint density at radius 1 is 1.30 bits per heavy atom. The maximum atomic E-state index is 12.6. The van der Waals surface area contributed by atoms with Crippen LogP contribution in [0.2, 0.25) is 0 Å². The molecular formula is C19H28N2O2. The molecule has 2 atom stereocenters. The first-order valence-electron chi connectivity index (χ1n) is 8.76. The number of likely N-dealkylation sites (tertiary alicyclic amines) is 1. The molecule has 0 radical (unpaired) electrons. The predicted molar refractivity (Wildman–Crippen MR) is 92.1 cm³/mol. The van der Waals surface area contributed by atoms with Crippen LogP contribution < -0.4 is 5.32 Å². The van der Waals surface area contributed by atoms with E-state index in [9.17, 15) is 9.59 Å². The summed E-state index contributed by atoms with van der Waals surface area (Å²) in [4.78, 5) is 26.3. The summed E-state index contributed by atoms with van der Waals surface area (Å²) in [6, 6.07) is 9.81. The number of carbonyl (C=O) groups is 2. The van der Waals surface area contributed by atoms with Crippen LogP contribution in [-0.2, 0) is 11.2 Å². The zero-order chi connectivity index (χ0) is 16.7. The lowest BCUT2D eigenvalue weighted by molar-refractivity contribution is -0.137. The van der Waals surface area contributed by atoms with Crippen molar-refractivity contribution >= 4 is 11.9 Å². The van der Waals surface area contributed by atoms with E-state index in [0.717, 1.165) is 32.1 Å². The van der Waals surface area contributed by atoms with E-state index >= 15 is 0 Å². The number of piperidine rings is 1. The van der Waals surface area contributed by atoms with Crippen molar-refractivity contribution in [3.05, 3.63) is 35.9 Å². The monoisotopic (exact) mass is 316 g/mol. The SMILES string of the molecule is CCCCC1C(=O)N(C(=O)NCCc2ccccc2)CCC1C. The lowest BCUT2D eigenvalue weighted by atomic mass is 9.83. The van der Waals surface area contributed by atoms with E-state index in [0.29, 0.717) is 19.0 Å². The standard InChI is InChI=1S/C19H28N2O2/c1-3-4-10-17-15(2)12-14-21(18(17)22)19(23)20-13-11-16-8-6-5-7-9-16/h5-9,15,17H,3-4,10-14H2,1-2H3,(H,20,23). The molecule has 0 saturated carbocycles. The third-order valence-corrected chi connectivity index (χ3v) is 4.72. The summed E-state index contributed by atoms with van der Waals surface area (Å²) in [5.74, 6) is 0.389. The lowest BCUT2D eigenvalue weighted by Gasteiger charge is -2.35. The number of hydrogen-bond acceptors (Lipinski definition) is 2. The molecule has 0 aliphatic carbocycles. The Bertz CT molecular complexity index is 515. The lowest BCUT2D eigenvalue weighted by Crippen LogP contribution is -2.51. The van der Waals surface area contributed by atoms with Crippen LogP contribution in [0.4, 0.5) is 4.79 Å². The highest BCUT2D eigenvalue weighted by Gasteiger charge is 2.36. The topological polar surface area (TPSA) is 49.4 Å². The number of amides is 3. The van der Waals surface area contributed by atoms with Crippen molar-refractivity contribution < 1.29 is 9.59 Å². The summed E-state index contributed by atoms with van der Waals surface area (Å²) in [7, 11) is 0. The molecule has 4 nitrogen and oxygen atoms in total. The molecule has 1 N–H and O–H groups in total. The smallest absolute Gasteiger partial charge is 0.324 e. The molecule has 1 fully saturated rings. The van der Waals surface area contributed by atoms with Gasteiger partial charge in [-0.15, -0.1) is 0 Å². The van der Waals surface area contributed by atoms with E-state index < -0.39 is 0 Å². The number of benzene rings is 1. The van der Waals surface area contributed by atoms with Gasteiger partial charge in [-0.3, -0.25) is 9.69 Å². The molecule has 0 aromatic heterocycles. The van der Waals surface area contributed by atoms with Gasteiger partial charge in [0.05, 0.1) is 0 Å². The van der Waals surface area contributed by atoms with Gasteiger partial charge < -0.3 is 5.32 Å². The Labute approximate surface area is 139 Å². The van der Waals surface area contributed by atoms with Crippen molar-refractivity contribution in [2.75, 3.05) is 13.1 Å². The third-order valence-electron chi connectivity index (χ3n) is 4.72. The van der Waals surface area contributed by atoms with Crippen LogP contribution in [0.1, 0.15) is 45.1 Å². The summed E-state index contributed by atoms with van der Waals surface area (Å²) < 4.78 is 0. The zero-order valence-corrected chi connectivity index (χ0v) is 14.3. The van der Waals surface area contributed by atoms with Gasteiger partial charge in [-0.1, -0.05) is 57.0 Å². The Morgan fingerprint density at radius 2 is 2.04 bits per heavy atom. The molecule has 0 bridgehead atoms. The minimum atomic E-state index is -0.237. The average molecular weight is 316 g/mol. The first-order chi connectivity index (χ1) is 11.1. The van der Waals surface area contributed by atoms with Crippen molar-refractivity contribution in [3.63, 3.8) is 0 Å². The second-order valence-corrected chi connectivity index (χ2v) is 6.47. The summed E-state index contributed by atoms with van der Waals surface area (Å²) in [6.45, 7) is 5.36. The van der Waals surface area contributed by atoms with Gasteiger partial charge in [-0.05, 0) is 30.7 Å². The van der Waals surface area contributed by atoms with Gasteiger partial charge in [0.1, 0.15) is 0 Å². The van der Waals surface area contributed by atoms with Crippen LogP contribution in [0.15, 0.2) is 30.3 Å². The minimum Gasteiger partial charge on any atom is -0.337 e. The highest BCUT2D eigenvalue weighted by molar-refractivity contribution is 5.96. The number of urea groups is 1. The highest BCUT2D eigenvalue weighted by Crippen LogP contribution is 2.28. The second-order valence-electron chi connectivity index (χ2n) is 6.47. The number of hydrogen-bond donors (Lipinski definition) is 1. The Balaban J connectivity index is 1.84. The van der Waals surface area contributed by atoms with Gasteiger partial charge in [0.15, 0.2) is 0 Å². The first kappa shape index (κ1) is 17.5. The summed E-state index contributed by atoms with van der Waals surface area (Å²) in [5, 5.41) is 2.89. The van der Waals surface area contributed by atoms with Crippen molar-refractivity contribution in [2.45, 2.75) is 46.0 Å². The molecular weight excluding hydrogens is 288 g/mol. The van der Waals surface area contributed by atoms with E-state index in [4.69, 9.17) is 0 Å².